The highest BCUT2D eigenvalue weighted by Crippen LogP contribution is 2.20. The molecule has 2 aromatic heterocycles. The lowest BCUT2D eigenvalue weighted by Crippen LogP contribution is -2.12. The van der Waals surface area contributed by atoms with Crippen molar-refractivity contribution in [2.75, 3.05) is 12.3 Å². The summed E-state index contributed by atoms with van der Waals surface area (Å²) in [7, 11) is 0. The van der Waals surface area contributed by atoms with Gasteiger partial charge in [-0.05, 0) is 30.7 Å². The Bertz CT molecular complexity index is 771. The summed E-state index contributed by atoms with van der Waals surface area (Å²) in [6, 6.07) is 5.02. The second-order valence-electron chi connectivity index (χ2n) is 5.12. The molecule has 0 bridgehead atoms. The Balaban J connectivity index is 2.42. The molecule has 24 heavy (non-hydrogen) atoms. The minimum Gasteiger partial charge on any atom is -0.397 e. The number of aliphatic imine (C=N–C) groups is 1. The monoisotopic (exact) mass is 324 g/mol. The van der Waals surface area contributed by atoms with E-state index < -0.39 is 0 Å². The molecular weight excluding hydrogens is 304 g/mol. The van der Waals surface area contributed by atoms with Gasteiger partial charge < -0.3 is 16.2 Å². The summed E-state index contributed by atoms with van der Waals surface area (Å²) >= 11 is 0. The Hall–Kier alpha value is -2.93. The molecule has 0 aliphatic heterocycles. The summed E-state index contributed by atoms with van der Waals surface area (Å²) in [6.07, 6.45) is 5.92. The number of aliphatic hydroxyl groups excluding tert-OH is 1. The van der Waals surface area contributed by atoms with Crippen LogP contribution in [0.5, 0.6) is 0 Å². The molecule has 0 saturated heterocycles. The molecule has 0 aromatic carbocycles. The quantitative estimate of drug-likeness (QED) is 0.578. The van der Waals surface area contributed by atoms with Gasteiger partial charge in [-0.2, -0.15) is 0 Å². The molecule has 0 amide bonds. The topological polar surface area (TPSA) is 132 Å². The maximum atomic E-state index is 9.23. The van der Waals surface area contributed by atoms with Gasteiger partial charge in [-0.1, -0.05) is 0 Å². The minimum absolute atomic E-state index is 0.122. The van der Waals surface area contributed by atoms with Crippen LogP contribution in [0.15, 0.2) is 35.6 Å². The van der Waals surface area contributed by atoms with E-state index in [-0.39, 0.29) is 18.2 Å². The summed E-state index contributed by atoms with van der Waals surface area (Å²) in [5.74, 6) is -0.367. The fourth-order valence-electron chi connectivity index (χ4n) is 2.15. The van der Waals surface area contributed by atoms with Crippen LogP contribution in [0.1, 0.15) is 35.4 Å². The van der Waals surface area contributed by atoms with Gasteiger partial charge in [0.05, 0.1) is 41.5 Å². The van der Waals surface area contributed by atoms with Gasteiger partial charge in [-0.3, -0.25) is 20.4 Å². The third kappa shape index (κ3) is 3.88. The number of anilines is 1. The van der Waals surface area contributed by atoms with Gasteiger partial charge in [0.1, 0.15) is 0 Å². The van der Waals surface area contributed by atoms with Crippen LogP contribution in [0.2, 0.25) is 0 Å². The van der Waals surface area contributed by atoms with Crippen molar-refractivity contribution in [2.24, 2.45) is 4.99 Å². The van der Waals surface area contributed by atoms with Crippen LogP contribution in [-0.4, -0.2) is 39.8 Å². The van der Waals surface area contributed by atoms with E-state index >= 15 is 0 Å². The highest BCUT2D eigenvalue weighted by Gasteiger charge is 2.15. The van der Waals surface area contributed by atoms with Gasteiger partial charge in [0, 0.05) is 30.7 Å². The second-order valence-corrected chi connectivity index (χ2v) is 5.12. The molecule has 124 valence electrons. The molecule has 2 rings (SSSR count). The summed E-state index contributed by atoms with van der Waals surface area (Å²) in [6.45, 7) is 2.41. The molecule has 7 heteroatoms. The van der Waals surface area contributed by atoms with E-state index in [4.69, 9.17) is 16.6 Å². The van der Waals surface area contributed by atoms with Crippen molar-refractivity contribution in [3.05, 3.63) is 53.1 Å². The van der Waals surface area contributed by atoms with E-state index in [0.717, 1.165) is 0 Å². The third-order valence-electron chi connectivity index (χ3n) is 3.46. The van der Waals surface area contributed by atoms with Crippen molar-refractivity contribution >= 4 is 23.8 Å². The maximum absolute atomic E-state index is 9.23. The lowest BCUT2D eigenvalue weighted by atomic mass is 10.00. The zero-order valence-electron chi connectivity index (χ0n) is 13.4. The number of aromatic nitrogens is 2. The SMILES string of the molecule is CCN=CC(C=N)c1cc(C(=N)c2cc(CO)ccn2)c(N)cn1. The molecule has 1 atom stereocenters. The van der Waals surface area contributed by atoms with Gasteiger partial charge in [-0.25, -0.2) is 0 Å². The Morgan fingerprint density at radius 3 is 2.88 bits per heavy atom. The Kier molecular flexibility index (Phi) is 5.86. The molecule has 0 spiro atoms. The fraction of sp³-hybridized carbons (Fsp3) is 0.235. The first-order chi connectivity index (χ1) is 11.6. The number of nitrogens with one attached hydrogen (secondary N) is 2. The smallest absolute Gasteiger partial charge is 0.0890 e. The number of nitrogen functional groups attached to an aromatic ring is 1. The van der Waals surface area contributed by atoms with E-state index in [1.807, 2.05) is 6.92 Å². The highest BCUT2D eigenvalue weighted by molar-refractivity contribution is 6.12. The number of nitrogens with two attached hydrogens (primary N) is 1. The van der Waals surface area contributed by atoms with Gasteiger partial charge in [-0.15, -0.1) is 0 Å². The molecular formula is C17H20N6O. The first-order valence-corrected chi connectivity index (χ1v) is 7.51. The average molecular weight is 324 g/mol. The van der Waals surface area contributed by atoms with E-state index in [1.54, 1.807) is 30.6 Å². The van der Waals surface area contributed by atoms with Crippen LogP contribution < -0.4 is 5.73 Å². The van der Waals surface area contributed by atoms with E-state index in [9.17, 15) is 5.11 Å². The Morgan fingerprint density at radius 2 is 2.21 bits per heavy atom. The van der Waals surface area contributed by atoms with E-state index in [2.05, 4.69) is 15.0 Å². The molecule has 5 N–H and O–H groups in total. The van der Waals surface area contributed by atoms with Crippen molar-refractivity contribution in [3.8, 4) is 0 Å². The number of hydrogen-bond donors (Lipinski definition) is 4. The van der Waals surface area contributed by atoms with Crippen LogP contribution >= 0.6 is 0 Å². The van der Waals surface area contributed by atoms with Crippen molar-refractivity contribution in [1.29, 1.82) is 10.8 Å². The van der Waals surface area contributed by atoms with Crippen LogP contribution in [0.3, 0.4) is 0 Å². The van der Waals surface area contributed by atoms with Crippen molar-refractivity contribution in [1.82, 2.24) is 9.97 Å². The number of hydrogen-bond acceptors (Lipinski definition) is 7. The van der Waals surface area contributed by atoms with Crippen LogP contribution in [0.4, 0.5) is 5.69 Å². The lowest BCUT2D eigenvalue weighted by molar-refractivity contribution is 0.281. The summed E-state index contributed by atoms with van der Waals surface area (Å²) in [5.41, 5.74) is 8.63. The average Bonchev–Trinajstić information content (AvgIpc) is 2.63. The van der Waals surface area contributed by atoms with Crippen LogP contribution in [-0.2, 0) is 6.61 Å². The molecule has 0 radical (unpaired) electrons. The van der Waals surface area contributed by atoms with Crippen molar-refractivity contribution in [3.63, 3.8) is 0 Å². The van der Waals surface area contributed by atoms with Crippen LogP contribution in [0, 0.1) is 10.8 Å². The summed E-state index contributed by atoms with van der Waals surface area (Å²) in [5, 5.41) is 25.1. The predicted octanol–water partition coefficient (Wildman–Crippen LogP) is 1.79. The summed E-state index contributed by atoms with van der Waals surface area (Å²) < 4.78 is 0. The number of rotatable bonds is 7. The predicted molar refractivity (Wildman–Crippen MR) is 95.3 cm³/mol. The normalized spacial score (nSPS) is 12.2. The third-order valence-corrected chi connectivity index (χ3v) is 3.46. The molecule has 1 unspecified atom stereocenters. The zero-order chi connectivity index (χ0) is 17.5. The lowest BCUT2D eigenvalue weighted by Gasteiger charge is -2.12. The number of pyridine rings is 2. The Morgan fingerprint density at radius 1 is 1.42 bits per heavy atom. The molecule has 0 saturated carbocycles. The fourth-order valence-corrected chi connectivity index (χ4v) is 2.15. The molecule has 7 nitrogen and oxygen atoms in total. The zero-order valence-corrected chi connectivity index (χ0v) is 13.4. The molecule has 2 heterocycles. The van der Waals surface area contributed by atoms with E-state index in [1.165, 1.54) is 12.4 Å². The maximum Gasteiger partial charge on any atom is 0.0890 e. The highest BCUT2D eigenvalue weighted by atomic mass is 16.3. The standard InChI is InChI=1S/C17H20N6O/c1-2-21-8-12(7-18)15-6-13(14(19)9-23-15)17(20)16-5-11(10-24)3-4-22-16/h3-9,12,18,20,24H,2,10,19H2,1H3. The molecule has 0 aliphatic carbocycles. The Labute approximate surface area is 140 Å². The number of aliphatic hydroxyl groups is 1. The van der Waals surface area contributed by atoms with Gasteiger partial charge >= 0.3 is 0 Å². The van der Waals surface area contributed by atoms with E-state index in [0.29, 0.717) is 34.7 Å². The van der Waals surface area contributed by atoms with Gasteiger partial charge in [0.2, 0.25) is 0 Å². The first-order valence-electron chi connectivity index (χ1n) is 7.51. The largest absolute Gasteiger partial charge is 0.397 e. The molecule has 2 aromatic rings. The van der Waals surface area contributed by atoms with Crippen molar-refractivity contribution < 1.29 is 5.11 Å². The van der Waals surface area contributed by atoms with Crippen molar-refractivity contribution in [2.45, 2.75) is 19.4 Å². The second kappa shape index (κ2) is 8.07. The van der Waals surface area contributed by atoms with Gasteiger partial charge in [0.25, 0.3) is 0 Å². The first kappa shape index (κ1) is 17.4. The number of nitrogens with zero attached hydrogens (tertiary/aromatic N) is 3. The summed E-state index contributed by atoms with van der Waals surface area (Å²) in [4.78, 5) is 12.6. The molecule has 0 fully saturated rings. The van der Waals surface area contributed by atoms with Crippen LogP contribution in [0.25, 0.3) is 0 Å². The molecule has 0 aliphatic rings. The van der Waals surface area contributed by atoms with Gasteiger partial charge in [0.15, 0.2) is 0 Å². The minimum atomic E-state index is -0.367.